The van der Waals surface area contributed by atoms with E-state index < -0.39 is 0 Å². The average molecular weight is 538 g/mol. The van der Waals surface area contributed by atoms with Gasteiger partial charge in [-0.05, 0) is 80.4 Å². The van der Waals surface area contributed by atoms with Gasteiger partial charge >= 0.3 is 0 Å². The number of anilines is 2. The zero-order valence-corrected chi connectivity index (χ0v) is 18.1. The molecule has 0 amide bonds. The van der Waals surface area contributed by atoms with Crippen LogP contribution in [-0.2, 0) is 0 Å². The summed E-state index contributed by atoms with van der Waals surface area (Å²) in [5.41, 5.74) is 13.4. The molecule has 12 heteroatoms. The molecule has 0 fully saturated rings. The summed E-state index contributed by atoms with van der Waals surface area (Å²) in [5.74, 6) is -0.440. The summed E-state index contributed by atoms with van der Waals surface area (Å²) in [6.45, 7) is 0. The Bertz CT molecular complexity index is 1060. The molecule has 4 N–H and O–H groups in total. The summed E-state index contributed by atoms with van der Waals surface area (Å²) in [5, 5.41) is 14.7. The number of benzene rings is 2. The Morgan fingerprint density at radius 2 is 0.900 bits per heavy atom. The van der Waals surface area contributed by atoms with E-state index in [0.29, 0.717) is 20.6 Å². The number of nitrogen functional groups attached to an aromatic ring is 2. The van der Waals surface area contributed by atoms with Crippen LogP contribution in [0, 0.1) is 11.6 Å². The Labute approximate surface area is 186 Å². The molecule has 2 heterocycles. The van der Waals surface area contributed by atoms with Crippen LogP contribution in [-0.4, -0.2) is 30.4 Å². The summed E-state index contributed by atoms with van der Waals surface area (Å²) < 4.78 is 26.3. The number of hydrogen-bond acceptors (Lipinski definition) is 8. The maximum Gasteiger partial charge on any atom is 0.240 e. The zero-order chi connectivity index (χ0) is 21.7. The van der Waals surface area contributed by atoms with Crippen molar-refractivity contribution >= 4 is 43.8 Å². The highest BCUT2D eigenvalue weighted by molar-refractivity contribution is 9.10. The van der Waals surface area contributed by atoms with Crippen molar-refractivity contribution in [1.82, 2.24) is 30.4 Å². The van der Waals surface area contributed by atoms with E-state index in [1.807, 2.05) is 0 Å². The number of nitrogens with two attached hydrogens (primary N) is 2. The van der Waals surface area contributed by atoms with Crippen molar-refractivity contribution in [3.63, 3.8) is 0 Å². The molecule has 4 rings (SSSR count). The van der Waals surface area contributed by atoms with Gasteiger partial charge in [-0.3, -0.25) is 0 Å². The van der Waals surface area contributed by atoms with E-state index in [2.05, 4.69) is 62.2 Å². The predicted octanol–water partition coefficient (Wildman–Crippen LogP) is 4.04. The minimum atomic E-state index is -0.301. The summed E-state index contributed by atoms with van der Waals surface area (Å²) in [6.07, 6.45) is 0. The first-order chi connectivity index (χ1) is 14.3. The van der Waals surface area contributed by atoms with Gasteiger partial charge in [0.2, 0.25) is 11.9 Å². The van der Waals surface area contributed by atoms with Crippen molar-refractivity contribution in [2.45, 2.75) is 0 Å². The molecule has 2 aromatic heterocycles. The first-order valence-electron chi connectivity index (χ1n) is 8.16. The highest BCUT2D eigenvalue weighted by Gasteiger charge is 2.08. The van der Waals surface area contributed by atoms with Gasteiger partial charge in [0.05, 0.1) is 0 Å². The number of aromatic nitrogens is 6. The van der Waals surface area contributed by atoms with Gasteiger partial charge < -0.3 is 11.5 Å². The fourth-order valence-electron chi connectivity index (χ4n) is 2.23. The molecule has 4 aromatic rings. The zero-order valence-electron chi connectivity index (χ0n) is 15.0. The summed E-state index contributed by atoms with van der Waals surface area (Å²) in [6, 6.07) is 11.8. The van der Waals surface area contributed by atoms with Crippen molar-refractivity contribution in [1.29, 1.82) is 0 Å². The number of hydrogen-bond donors (Lipinski definition) is 2. The minimum Gasteiger partial charge on any atom is -0.366 e. The third kappa shape index (κ3) is 5.48. The van der Waals surface area contributed by atoms with Gasteiger partial charge in [-0.15, -0.1) is 20.4 Å². The van der Waals surface area contributed by atoms with Crippen LogP contribution in [0.1, 0.15) is 0 Å². The van der Waals surface area contributed by atoms with Crippen molar-refractivity contribution < 1.29 is 8.78 Å². The molecule has 152 valence electrons. The molecule has 0 unspecified atom stereocenters. The van der Waals surface area contributed by atoms with Gasteiger partial charge in [0.15, 0.2) is 9.21 Å². The molecule has 0 aliphatic carbocycles. The third-order valence-corrected chi connectivity index (χ3v) is 4.63. The Balaban J connectivity index is 0.000000171. The number of rotatable bonds is 2. The molecule has 0 saturated heterocycles. The Kier molecular flexibility index (Phi) is 6.90. The quantitative estimate of drug-likeness (QED) is 0.392. The van der Waals surface area contributed by atoms with E-state index in [9.17, 15) is 8.78 Å². The first kappa shape index (κ1) is 21.6. The van der Waals surface area contributed by atoms with Crippen LogP contribution in [0.3, 0.4) is 0 Å². The Morgan fingerprint density at radius 1 is 0.567 bits per heavy atom. The van der Waals surface area contributed by atoms with Crippen molar-refractivity contribution in [3.05, 3.63) is 69.4 Å². The number of nitrogens with zero attached hydrogens (tertiary/aromatic N) is 6. The van der Waals surface area contributed by atoms with E-state index in [0.717, 1.165) is 11.1 Å². The maximum absolute atomic E-state index is 12.7. The fourth-order valence-corrected chi connectivity index (χ4v) is 3.03. The van der Waals surface area contributed by atoms with Gasteiger partial charge in [0.1, 0.15) is 23.0 Å². The summed E-state index contributed by atoms with van der Waals surface area (Å²) in [4.78, 5) is 8.01. The van der Waals surface area contributed by atoms with Crippen LogP contribution in [0.25, 0.3) is 22.5 Å². The van der Waals surface area contributed by atoms with Crippen molar-refractivity contribution in [3.8, 4) is 22.5 Å². The van der Waals surface area contributed by atoms with Crippen LogP contribution >= 0.6 is 31.9 Å². The molecule has 0 spiro atoms. The average Bonchev–Trinajstić information content (AvgIpc) is 2.73. The van der Waals surface area contributed by atoms with Gasteiger partial charge in [-0.25, -0.2) is 18.7 Å². The molecule has 0 aliphatic rings. The molecule has 8 nitrogen and oxygen atoms in total. The van der Waals surface area contributed by atoms with Crippen LogP contribution < -0.4 is 11.5 Å². The molecule has 0 radical (unpaired) electrons. The van der Waals surface area contributed by atoms with Gasteiger partial charge in [0, 0.05) is 11.1 Å². The Hall–Kier alpha value is -3.12. The third-order valence-electron chi connectivity index (χ3n) is 3.56. The second-order valence-corrected chi connectivity index (χ2v) is 7.13. The van der Waals surface area contributed by atoms with E-state index in [1.165, 1.54) is 24.3 Å². The topological polar surface area (TPSA) is 129 Å². The van der Waals surface area contributed by atoms with E-state index in [-0.39, 0.29) is 23.5 Å². The van der Waals surface area contributed by atoms with Gasteiger partial charge in [-0.2, -0.15) is 0 Å². The second-order valence-electron chi connectivity index (χ2n) is 5.63. The predicted molar refractivity (Wildman–Crippen MR) is 115 cm³/mol. The first-order valence-corrected chi connectivity index (χ1v) is 9.75. The lowest BCUT2D eigenvalue weighted by atomic mass is 10.2. The normalized spacial score (nSPS) is 10.3. The molecule has 30 heavy (non-hydrogen) atoms. The second kappa shape index (κ2) is 9.59. The van der Waals surface area contributed by atoms with E-state index in [4.69, 9.17) is 11.5 Å². The molecule has 2 aromatic carbocycles. The van der Waals surface area contributed by atoms with Crippen molar-refractivity contribution in [2.24, 2.45) is 0 Å². The largest absolute Gasteiger partial charge is 0.366 e. The summed E-state index contributed by atoms with van der Waals surface area (Å²) >= 11 is 6.40. The van der Waals surface area contributed by atoms with Crippen molar-refractivity contribution in [2.75, 3.05) is 11.5 Å². The molecule has 0 saturated carbocycles. The molecular weight excluding hydrogens is 526 g/mol. The lowest BCUT2D eigenvalue weighted by Crippen LogP contribution is -2.00. The van der Waals surface area contributed by atoms with Crippen LogP contribution in [0.2, 0.25) is 0 Å². The smallest absolute Gasteiger partial charge is 0.240 e. The van der Waals surface area contributed by atoms with Crippen LogP contribution in [0.4, 0.5) is 20.7 Å². The molecule has 0 atom stereocenters. The molecular formula is C18H12Br2F2N8. The molecule has 0 bridgehead atoms. The lowest BCUT2D eigenvalue weighted by Gasteiger charge is -2.02. The van der Waals surface area contributed by atoms with E-state index >= 15 is 0 Å². The molecule has 0 aliphatic heterocycles. The monoisotopic (exact) mass is 536 g/mol. The SMILES string of the molecule is Nc1nnc(Br)c(-c2ccc(F)cc2)n1.Nc1nnc(Br)c(-c2ccc(F)cc2)n1. The lowest BCUT2D eigenvalue weighted by molar-refractivity contribution is 0.627. The van der Waals surface area contributed by atoms with Gasteiger partial charge in [0.25, 0.3) is 0 Å². The highest BCUT2D eigenvalue weighted by Crippen LogP contribution is 2.25. The standard InChI is InChI=1S/2C9H6BrFN4/c2*10-8-7(13-9(12)15-14-8)5-1-3-6(11)4-2-5/h2*1-4H,(H2,12,13,15). The Morgan fingerprint density at radius 3 is 1.23 bits per heavy atom. The van der Waals surface area contributed by atoms with Crippen LogP contribution in [0.15, 0.2) is 57.7 Å². The fraction of sp³-hybridized carbons (Fsp3) is 0. The summed E-state index contributed by atoms with van der Waals surface area (Å²) in [7, 11) is 0. The van der Waals surface area contributed by atoms with E-state index in [1.54, 1.807) is 24.3 Å². The number of halogens is 4. The maximum atomic E-state index is 12.7. The van der Waals surface area contributed by atoms with Gasteiger partial charge in [-0.1, -0.05) is 0 Å². The highest BCUT2D eigenvalue weighted by atomic mass is 79.9. The minimum absolute atomic E-state index is 0.0810. The van der Waals surface area contributed by atoms with Crippen LogP contribution in [0.5, 0.6) is 0 Å².